The molecule has 1 aromatic carbocycles. The highest BCUT2D eigenvalue weighted by atomic mass is 32.1. The molecule has 3 heterocycles. The first-order chi connectivity index (χ1) is 20.1. The topological polar surface area (TPSA) is 133 Å². The first-order valence-electron chi connectivity index (χ1n) is 14.2. The van der Waals surface area contributed by atoms with Gasteiger partial charge in [-0.15, -0.1) is 22.7 Å². The molecule has 0 radical (unpaired) electrons. The van der Waals surface area contributed by atoms with Crippen LogP contribution in [-0.4, -0.2) is 58.1 Å². The van der Waals surface area contributed by atoms with Crippen LogP contribution in [0.3, 0.4) is 0 Å². The summed E-state index contributed by atoms with van der Waals surface area (Å²) in [5, 5.41) is 13.6. The van der Waals surface area contributed by atoms with Crippen LogP contribution in [0.15, 0.2) is 41.1 Å². The third-order valence-electron chi connectivity index (χ3n) is 6.80. The third kappa shape index (κ3) is 8.45. The Hall–Kier alpha value is -3.64. The monoisotopic (exact) mass is 610 g/mol. The molecule has 0 aliphatic carbocycles. The van der Waals surface area contributed by atoms with E-state index < -0.39 is 12.1 Å². The van der Waals surface area contributed by atoms with E-state index in [9.17, 15) is 19.2 Å². The molecule has 42 heavy (non-hydrogen) atoms. The number of hydrogen-bond donors (Lipinski definition) is 3. The minimum absolute atomic E-state index is 0.0164. The lowest BCUT2D eigenvalue weighted by atomic mass is 10.0. The number of hydrogen-bond acceptors (Lipinski definition) is 8. The van der Waals surface area contributed by atoms with Gasteiger partial charge in [-0.25, -0.2) is 9.97 Å². The first-order valence-corrected chi connectivity index (χ1v) is 16.0. The summed E-state index contributed by atoms with van der Waals surface area (Å²) in [5.74, 6) is -0.959. The summed E-state index contributed by atoms with van der Waals surface area (Å²) in [6.45, 7) is 8.40. The molecule has 12 heteroatoms. The van der Waals surface area contributed by atoms with Crippen molar-refractivity contribution in [3.05, 3.63) is 68.1 Å². The van der Waals surface area contributed by atoms with Gasteiger partial charge >= 0.3 is 0 Å². The van der Waals surface area contributed by atoms with Crippen molar-refractivity contribution in [2.75, 3.05) is 19.6 Å². The van der Waals surface area contributed by atoms with Crippen molar-refractivity contribution in [1.82, 2.24) is 30.8 Å². The van der Waals surface area contributed by atoms with Crippen LogP contribution >= 0.6 is 22.7 Å². The Bertz CT molecular complexity index is 1390. The summed E-state index contributed by atoms with van der Waals surface area (Å²) < 4.78 is 0. The van der Waals surface area contributed by atoms with Gasteiger partial charge in [-0.2, -0.15) is 0 Å². The Kier molecular flexibility index (Phi) is 10.8. The van der Waals surface area contributed by atoms with E-state index in [4.69, 9.17) is 0 Å². The predicted molar refractivity (Wildman–Crippen MR) is 163 cm³/mol. The van der Waals surface area contributed by atoms with Crippen molar-refractivity contribution in [2.45, 2.75) is 59.0 Å². The number of carbonyl (C=O) groups excluding carboxylic acids is 4. The van der Waals surface area contributed by atoms with Crippen molar-refractivity contribution < 1.29 is 19.2 Å². The largest absolute Gasteiger partial charge is 0.351 e. The standard InChI is InChI=1S/C30H38N6O4S2/c1-18(2)13-25(38)36-12-8-11-31-27(39)22-16-42-30(34-22)26(19(3)4)35-28(40)23-17-41-29(33-23)21(32-24(37)15-36)14-20-9-6-5-7-10-20/h5-7,9-10,16-19,21,26H,8,11-15H2,1-4H3,(H,31,39)(H,32,37)(H,35,40)/t21-,26-/m0/s1. The molecule has 10 nitrogen and oxygen atoms in total. The van der Waals surface area contributed by atoms with Crippen LogP contribution < -0.4 is 16.0 Å². The van der Waals surface area contributed by atoms with E-state index >= 15 is 0 Å². The molecule has 0 spiro atoms. The molecule has 0 fully saturated rings. The highest BCUT2D eigenvalue weighted by molar-refractivity contribution is 7.10. The normalized spacial score (nSPS) is 19.0. The van der Waals surface area contributed by atoms with Gasteiger partial charge in [0.2, 0.25) is 11.8 Å². The van der Waals surface area contributed by atoms with Crippen LogP contribution in [0.4, 0.5) is 0 Å². The highest BCUT2D eigenvalue weighted by Crippen LogP contribution is 2.27. The lowest BCUT2D eigenvalue weighted by molar-refractivity contribution is -0.137. The van der Waals surface area contributed by atoms with Crippen LogP contribution in [0.5, 0.6) is 0 Å². The number of fused-ring (bicyclic) bond motifs is 4. The Balaban J connectivity index is 1.66. The third-order valence-corrected chi connectivity index (χ3v) is 8.69. The zero-order chi connectivity index (χ0) is 30.2. The molecule has 4 bridgehead atoms. The number of benzene rings is 1. The molecule has 4 amide bonds. The average Bonchev–Trinajstić information content (AvgIpc) is 3.63. The highest BCUT2D eigenvalue weighted by Gasteiger charge is 2.27. The Morgan fingerprint density at radius 3 is 2.31 bits per heavy atom. The van der Waals surface area contributed by atoms with E-state index in [-0.39, 0.29) is 53.4 Å². The molecule has 0 unspecified atom stereocenters. The maximum absolute atomic E-state index is 13.4. The van der Waals surface area contributed by atoms with Gasteiger partial charge in [-0.1, -0.05) is 58.0 Å². The van der Waals surface area contributed by atoms with Gasteiger partial charge in [0.05, 0.1) is 18.6 Å². The molecule has 2 aromatic heterocycles. The molecular weight excluding hydrogens is 573 g/mol. The van der Waals surface area contributed by atoms with Crippen LogP contribution in [0, 0.1) is 11.8 Å². The van der Waals surface area contributed by atoms with Crippen LogP contribution in [-0.2, 0) is 16.0 Å². The van der Waals surface area contributed by atoms with Gasteiger partial charge in [-0.05, 0) is 30.2 Å². The molecule has 0 saturated heterocycles. The van der Waals surface area contributed by atoms with Gasteiger partial charge in [0, 0.05) is 30.3 Å². The minimum atomic E-state index is -0.489. The van der Waals surface area contributed by atoms with Crippen molar-refractivity contribution in [3.63, 3.8) is 0 Å². The quantitative estimate of drug-likeness (QED) is 0.398. The fraction of sp³-hybridized carbons (Fsp3) is 0.467. The van der Waals surface area contributed by atoms with Crippen molar-refractivity contribution in [1.29, 1.82) is 0 Å². The molecule has 3 N–H and O–H groups in total. The molecule has 1 aliphatic heterocycles. The Morgan fingerprint density at radius 1 is 0.952 bits per heavy atom. The number of nitrogens with one attached hydrogen (secondary N) is 3. The van der Waals surface area contributed by atoms with Crippen molar-refractivity contribution >= 4 is 46.3 Å². The fourth-order valence-corrected chi connectivity index (χ4v) is 6.48. The van der Waals surface area contributed by atoms with Crippen molar-refractivity contribution in [3.8, 4) is 0 Å². The van der Waals surface area contributed by atoms with Gasteiger partial charge in [0.15, 0.2) is 0 Å². The Morgan fingerprint density at radius 2 is 1.62 bits per heavy atom. The summed E-state index contributed by atoms with van der Waals surface area (Å²) in [6.07, 6.45) is 1.27. The van der Waals surface area contributed by atoms with E-state index in [2.05, 4.69) is 25.9 Å². The fourth-order valence-electron chi connectivity index (χ4n) is 4.61. The summed E-state index contributed by atoms with van der Waals surface area (Å²) in [5.41, 5.74) is 1.53. The molecule has 4 rings (SSSR count). The minimum Gasteiger partial charge on any atom is -0.351 e. The number of rotatable bonds is 5. The first kappa shape index (κ1) is 31.3. The molecule has 224 valence electrons. The summed E-state index contributed by atoms with van der Waals surface area (Å²) in [4.78, 5) is 63.2. The number of amides is 4. The molecular formula is C30H38N6O4S2. The van der Waals surface area contributed by atoms with Gasteiger partial charge in [0.1, 0.15) is 21.4 Å². The van der Waals surface area contributed by atoms with Crippen LogP contribution in [0.1, 0.15) is 89.2 Å². The van der Waals surface area contributed by atoms with E-state index in [1.807, 2.05) is 58.0 Å². The maximum atomic E-state index is 13.4. The van der Waals surface area contributed by atoms with Crippen molar-refractivity contribution in [2.24, 2.45) is 11.8 Å². The second-order valence-electron chi connectivity index (χ2n) is 11.2. The number of nitrogens with zero attached hydrogens (tertiary/aromatic N) is 3. The second-order valence-corrected chi connectivity index (χ2v) is 12.9. The van der Waals surface area contributed by atoms with Gasteiger partial charge < -0.3 is 20.9 Å². The molecule has 3 aromatic rings. The second kappa shape index (κ2) is 14.5. The van der Waals surface area contributed by atoms with E-state index in [0.717, 1.165) is 5.56 Å². The van der Waals surface area contributed by atoms with Gasteiger partial charge in [0.25, 0.3) is 11.8 Å². The lowest BCUT2D eigenvalue weighted by Gasteiger charge is -2.25. The van der Waals surface area contributed by atoms with E-state index in [1.54, 1.807) is 15.7 Å². The van der Waals surface area contributed by atoms with E-state index in [1.165, 1.54) is 22.7 Å². The smallest absolute Gasteiger partial charge is 0.271 e. The molecule has 2 atom stereocenters. The average molecular weight is 611 g/mol. The number of aromatic nitrogens is 2. The lowest BCUT2D eigenvalue weighted by Crippen LogP contribution is -2.43. The maximum Gasteiger partial charge on any atom is 0.271 e. The number of carbonyl (C=O) groups is 4. The van der Waals surface area contributed by atoms with Gasteiger partial charge in [-0.3, -0.25) is 19.2 Å². The van der Waals surface area contributed by atoms with E-state index in [0.29, 0.717) is 42.4 Å². The summed E-state index contributed by atoms with van der Waals surface area (Å²) >= 11 is 2.63. The van der Waals surface area contributed by atoms with Crippen LogP contribution in [0.25, 0.3) is 0 Å². The Labute approximate surface area is 254 Å². The SMILES string of the molecule is CC(C)CC(=O)N1CCCNC(=O)c2csc(n2)[C@H](C(C)C)NC(=O)c2csc(n2)[C@H](Cc2ccccc2)NC(=O)C1. The van der Waals surface area contributed by atoms with Crippen LogP contribution in [0.2, 0.25) is 0 Å². The molecule has 0 saturated carbocycles. The zero-order valence-corrected chi connectivity index (χ0v) is 26.0. The summed E-state index contributed by atoms with van der Waals surface area (Å²) in [7, 11) is 0. The predicted octanol–water partition coefficient (Wildman–Crippen LogP) is 4.13. The summed E-state index contributed by atoms with van der Waals surface area (Å²) in [6, 6.07) is 8.85. The number of thiazole rings is 2. The zero-order valence-electron chi connectivity index (χ0n) is 24.4. The molecule has 1 aliphatic rings.